The van der Waals surface area contributed by atoms with Crippen molar-refractivity contribution in [3.05, 3.63) is 65.0 Å². The Morgan fingerprint density at radius 2 is 2.00 bits per heavy atom. The Balaban J connectivity index is 2.16. The summed E-state index contributed by atoms with van der Waals surface area (Å²) >= 11 is 0. The average molecular weight is 283 g/mol. The molecule has 0 aliphatic rings. The van der Waals surface area contributed by atoms with Crippen molar-refractivity contribution in [2.24, 2.45) is 0 Å². The van der Waals surface area contributed by atoms with E-state index in [9.17, 15) is 4.39 Å². The maximum atomic E-state index is 13.8. The van der Waals surface area contributed by atoms with E-state index in [0.717, 1.165) is 17.7 Å². The van der Waals surface area contributed by atoms with Crippen molar-refractivity contribution in [2.75, 3.05) is 0 Å². The first-order valence-electron chi connectivity index (χ1n) is 7.06. The fraction of sp³-hybridized carbons (Fsp3) is 0.278. The molecule has 108 valence electrons. The molecule has 0 fully saturated rings. The van der Waals surface area contributed by atoms with Crippen molar-refractivity contribution in [3.63, 3.8) is 0 Å². The second-order valence-electron chi connectivity index (χ2n) is 5.05. The van der Waals surface area contributed by atoms with Crippen molar-refractivity contribution in [2.45, 2.75) is 32.8 Å². The second kappa shape index (κ2) is 6.90. The lowest BCUT2D eigenvalue weighted by atomic mass is 9.98. The Morgan fingerprint density at radius 3 is 2.67 bits per heavy atom. The van der Waals surface area contributed by atoms with Crippen LogP contribution >= 0.6 is 0 Å². The van der Waals surface area contributed by atoms with Gasteiger partial charge in [-0.2, -0.15) is 5.26 Å². The predicted molar refractivity (Wildman–Crippen MR) is 80.6 cm³/mol. The van der Waals surface area contributed by atoms with Crippen LogP contribution in [-0.4, -0.2) is 0 Å². The van der Waals surface area contributed by atoms with Gasteiger partial charge < -0.3 is 4.74 Å². The molecular formula is C18H18FNO. The summed E-state index contributed by atoms with van der Waals surface area (Å²) in [4.78, 5) is 0. The molecule has 0 spiro atoms. The summed E-state index contributed by atoms with van der Waals surface area (Å²) in [7, 11) is 0. The summed E-state index contributed by atoms with van der Waals surface area (Å²) in [5, 5.41) is 8.74. The first-order valence-corrected chi connectivity index (χ1v) is 7.06. The highest BCUT2D eigenvalue weighted by molar-refractivity contribution is 5.37. The number of nitrogens with zero attached hydrogens (tertiary/aromatic N) is 1. The molecule has 0 amide bonds. The van der Waals surface area contributed by atoms with E-state index in [0.29, 0.717) is 17.0 Å². The van der Waals surface area contributed by atoms with Gasteiger partial charge in [-0.3, -0.25) is 0 Å². The summed E-state index contributed by atoms with van der Waals surface area (Å²) < 4.78 is 19.6. The zero-order valence-electron chi connectivity index (χ0n) is 12.3. The summed E-state index contributed by atoms with van der Waals surface area (Å²) in [6.07, 6.45) is 1.02. The normalized spacial score (nSPS) is 11.7. The minimum absolute atomic E-state index is 0.158. The highest BCUT2D eigenvalue weighted by atomic mass is 19.1. The Hall–Kier alpha value is -2.34. The van der Waals surface area contributed by atoms with Crippen molar-refractivity contribution in [1.82, 2.24) is 0 Å². The summed E-state index contributed by atoms with van der Waals surface area (Å²) in [5.74, 6) is 0.776. The number of ether oxygens (including phenoxy) is 1. The largest absolute Gasteiger partial charge is 0.489 e. The average Bonchev–Trinajstić information content (AvgIpc) is 2.53. The molecule has 0 saturated heterocycles. The van der Waals surface area contributed by atoms with Crippen molar-refractivity contribution >= 4 is 0 Å². The molecule has 2 nitrogen and oxygen atoms in total. The zero-order chi connectivity index (χ0) is 15.2. The molecule has 0 heterocycles. The molecule has 3 heteroatoms. The van der Waals surface area contributed by atoms with Crippen molar-refractivity contribution in [3.8, 4) is 11.8 Å². The summed E-state index contributed by atoms with van der Waals surface area (Å²) in [6, 6.07) is 14.2. The topological polar surface area (TPSA) is 33.0 Å². The van der Waals surface area contributed by atoms with E-state index < -0.39 is 5.82 Å². The van der Waals surface area contributed by atoms with Gasteiger partial charge in [0.2, 0.25) is 0 Å². The van der Waals surface area contributed by atoms with Crippen molar-refractivity contribution in [1.29, 1.82) is 5.26 Å². The van der Waals surface area contributed by atoms with Gasteiger partial charge in [0, 0.05) is 5.56 Å². The van der Waals surface area contributed by atoms with Gasteiger partial charge in [0.05, 0.1) is 11.6 Å². The number of nitriles is 1. The zero-order valence-corrected chi connectivity index (χ0v) is 12.3. The molecule has 0 aromatic heterocycles. The van der Waals surface area contributed by atoms with Crippen LogP contribution in [0.15, 0.2) is 42.5 Å². The number of hydrogen-bond acceptors (Lipinski definition) is 2. The van der Waals surface area contributed by atoms with E-state index >= 15 is 0 Å². The molecule has 2 aromatic rings. The molecule has 2 rings (SSSR count). The minimum Gasteiger partial charge on any atom is -0.489 e. The lowest BCUT2D eigenvalue weighted by molar-refractivity contribution is 0.295. The smallest absolute Gasteiger partial charge is 0.131 e. The highest BCUT2D eigenvalue weighted by Crippen LogP contribution is 2.29. The Bertz CT molecular complexity index is 661. The number of hydrogen-bond donors (Lipinski definition) is 0. The number of rotatable bonds is 5. The molecule has 21 heavy (non-hydrogen) atoms. The maximum absolute atomic E-state index is 13.8. The third kappa shape index (κ3) is 3.61. The van der Waals surface area contributed by atoms with Crippen LogP contribution in [0.1, 0.15) is 42.9 Å². The van der Waals surface area contributed by atoms with Gasteiger partial charge in [-0.05, 0) is 36.1 Å². The van der Waals surface area contributed by atoms with E-state index in [4.69, 9.17) is 10.00 Å². The Morgan fingerprint density at radius 1 is 1.24 bits per heavy atom. The lowest BCUT2D eigenvalue weighted by Gasteiger charge is -2.16. The molecule has 2 aromatic carbocycles. The third-order valence-electron chi connectivity index (χ3n) is 3.63. The predicted octanol–water partition coefficient (Wildman–Crippen LogP) is 4.79. The molecule has 0 aliphatic heterocycles. The van der Waals surface area contributed by atoms with Gasteiger partial charge >= 0.3 is 0 Å². The number of halogens is 1. The molecule has 0 radical (unpaired) electrons. The van der Waals surface area contributed by atoms with E-state index in [2.05, 4.69) is 13.8 Å². The van der Waals surface area contributed by atoms with Gasteiger partial charge in [0.15, 0.2) is 0 Å². The van der Waals surface area contributed by atoms with Crippen LogP contribution in [0.3, 0.4) is 0 Å². The van der Waals surface area contributed by atoms with E-state index in [1.165, 1.54) is 6.07 Å². The van der Waals surface area contributed by atoms with Crippen molar-refractivity contribution < 1.29 is 9.13 Å². The quantitative estimate of drug-likeness (QED) is 0.790. The first kappa shape index (κ1) is 15.1. The lowest BCUT2D eigenvalue weighted by Crippen LogP contribution is -2.02. The van der Waals surface area contributed by atoms with E-state index in [1.54, 1.807) is 12.1 Å². The SMILES string of the molecule is CCC(C)c1ccccc1OCc1ccc(C#N)cc1F. The van der Waals surface area contributed by atoms with Crippen LogP contribution in [0, 0.1) is 17.1 Å². The van der Waals surface area contributed by atoms with E-state index in [1.807, 2.05) is 30.3 Å². The molecule has 1 atom stereocenters. The van der Waals surface area contributed by atoms with Crippen LogP contribution in [0.2, 0.25) is 0 Å². The molecule has 0 bridgehead atoms. The van der Waals surface area contributed by atoms with Crippen LogP contribution in [0.25, 0.3) is 0 Å². The second-order valence-corrected chi connectivity index (χ2v) is 5.05. The van der Waals surface area contributed by atoms with Gasteiger partial charge in [-0.15, -0.1) is 0 Å². The van der Waals surface area contributed by atoms with Crippen LogP contribution in [0.4, 0.5) is 4.39 Å². The Labute approximate surface area is 124 Å². The van der Waals surface area contributed by atoms with Gasteiger partial charge in [-0.1, -0.05) is 38.1 Å². The van der Waals surface area contributed by atoms with E-state index in [-0.39, 0.29) is 6.61 Å². The number of benzene rings is 2. The van der Waals surface area contributed by atoms with Crippen LogP contribution in [0.5, 0.6) is 5.75 Å². The standard InChI is InChI=1S/C18H18FNO/c1-3-13(2)16-6-4-5-7-18(16)21-12-15-9-8-14(11-20)10-17(15)19/h4-10,13H,3,12H2,1-2H3. The van der Waals surface area contributed by atoms with Gasteiger partial charge in [0.25, 0.3) is 0 Å². The van der Waals surface area contributed by atoms with Gasteiger partial charge in [0.1, 0.15) is 18.2 Å². The van der Waals surface area contributed by atoms with Gasteiger partial charge in [-0.25, -0.2) is 4.39 Å². The summed E-state index contributed by atoms with van der Waals surface area (Å²) in [5.41, 5.74) is 1.90. The fourth-order valence-corrected chi connectivity index (χ4v) is 2.13. The van der Waals surface area contributed by atoms with Crippen LogP contribution < -0.4 is 4.74 Å². The fourth-order valence-electron chi connectivity index (χ4n) is 2.13. The minimum atomic E-state index is -0.407. The molecular weight excluding hydrogens is 265 g/mol. The third-order valence-corrected chi connectivity index (χ3v) is 3.63. The molecule has 0 saturated carbocycles. The molecule has 0 aliphatic carbocycles. The van der Waals surface area contributed by atoms with Crippen LogP contribution in [-0.2, 0) is 6.61 Å². The maximum Gasteiger partial charge on any atom is 0.131 e. The molecule has 0 N–H and O–H groups in total. The monoisotopic (exact) mass is 283 g/mol. The molecule has 1 unspecified atom stereocenters. The highest BCUT2D eigenvalue weighted by Gasteiger charge is 2.11. The summed E-state index contributed by atoms with van der Waals surface area (Å²) in [6.45, 7) is 4.43. The Kier molecular flexibility index (Phi) is 4.94. The first-order chi connectivity index (χ1) is 10.2. The number of para-hydroxylation sites is 1.